The van der Waals surface area contributed by atoms with Crippen molar-refractivity contribution in [3.8, 4) is 0 Å². The number of amides is 1. The third-order valence-corrected chi connectivity index (χ3v) is 5.41. The highest BCUT2D eigenvalue weighted by atomic mass is 32.2. The van der Waals surface area contributed by atoms with Crippen molar-refractivity contribution in [2.75, 3.05) is 6.61 Å². The smallest absolute Gasteiger partial charge is 0.266 e. The topological polar surface area (TPSA) is 153 Å². The first-order valence-electron chi connectivity index (χ1n) is 6.78. The summed E-state index contributed by atoms with van der Waals surface area (Å²) in [6.07, 6.45) is -7.06. The molecule has 1 fully saturated rings. The van der Waals surface area contributed by atoms with Gasteiger partial charge in [0.1, 0.15) is 35.4 Å². The first-order valence-corrected chi connectivity index (χ1v) is 8.27. The number of rotatable bonds is 3. The summed E-state index contributed by atoms with van der Waals surface area (Å²) < 4.78 is 31.4. The molecule has 0 aliphatic carbocycles. The van der Waals surface area contributed by atoms with Gasteiger partial charge in [-0.15, -0.1) is 0 Å². The lowest BCUT2D eigenvalue weighted by atomic mass is 9.98. The largest absolute Gasteiger partial charge is 0.394 e. The number of aliphatic hydroxyl groups excluding tert-OH is 4. The van der Waals surface area contributed by atoms with Crippen molar-refractivity contribution in [1.29, 1.82) is 0 Å². The molecule has 1 aromatic rings. The van der Waals surface area contributed by atoms with Crippen molar-refractivity contribution in [2.24, 2.45) is 0 Å². The zero-order valence-corrected chi connectivity index (χ0v) is 12.5. The number of ether oxygens (including phenoxy) is 1. The number of carbonyl (C=O) groups excluding carboxylic acids is 1. The van der Waals surface area contributed by atoms with E-state index >= 15 is 0 Å². The summed E-state index contributed by atoms with van der Waals surface area (Å²) in [5.41, 5.74) is -0.0843. The molecule has 1 aromatic carbocycles. The second-order valence-electron chi connectivity index (χ2n) is 5.41. The molecule has 1 unspecified atom stereocenters. The Morgan fingerprint density at radius 1 is 1.26 bits per heavy atom. The number of nitrogens with one attached hydrogen (secondary N) is 1. The van der Waals surface area contributed by atoms with Gasteiger partial charge in [-0.05, 0) is 6.07 Å². The number of hydrogen-bond acceptors (Lipinski definition) is 8. The van der Waals surface area contributed by atoms with Crippen LogP contribution < -0.4 is 4.72 Å². The molecule has 0 saturated carbocycles. The van der Waals surface area contributed by atoms with E-state index in [0.29, 0.717) is 0 Å². The SMILES string of the molecule is O=C1NS(=O)(=O)c2c1cccc2C1O[C@@H]([C@H](O)CO)[C@H](O)[C@H]1O. The zero-order valence-electron chi connectivity index (χ0n) is 11.7. The summed E-state index contributed by atoms with van der Waals surface area (Å²) in [5.74, 6) is -0.790. The quantitative estimate of drug-likeness (QED) is 0.407. The lowest BCUT2D eigenvalue weighted by Crippen LogP contribution is -2.40. The van der Waals surface area contributed by atoms with E-state index in [4.69, 9.17) is 9.84 Å². The van der Waals surface area contributed by atoms with Crippen molar-refractivity contribution in [1.82, 2.24) is 4.72 Å². The van der Waals surface area contributed by atoms with Crippen molar-refractivity contribution in [3.05, 3.63) is 29.3 Å². The van der Waals surface area contributed by atoms with Crippen LogP contribution in [-0.4, -0.2) is 65.8 Å². The van der Waals surface area contributed by atoms with Gasteiger partial charge in [-0.1, -0.05) is 12.1 Å². The lowest BCUT2D eigenvalue weighted by Gasteiger charge is -2.19. The van der Waals surface area contributed by atoms with Crippen LogP contribution in [0.1, 0.15) is 22.0 Å². The Morgan fingerprint density at radius 2 is 1.96 bits per heavy atom. The van der Waals surface area contributed by atoms with Crippen LogP contribution in [0.25, 0.3) is 0 Å². The molecule has 0 radical (unpaired) electrons. The normalized spacial score (nSPS) is 33.3. The number of hydrogen-bond donors (Lipinski definition) is 5. The summed E-state index contributed by atoms with van der Waals surface area (Å²) >= 11 is 0. The summed E-state index contributed by atoms with van der Waals surface area (Å²) in [4.78, 5) is 11.4. The molecule has 9 nitrogen and oxygen atoms in total. The molecule has 126 valence electrons. The van der Waals surface area contributed by atoms with E-state index in [9.17, 15) is 28.5 Å². The highest BCUT2D eigenvalue weighted by Crippen LogP contribution is 2.39. The van der Waals surface area contributed by atoms with Crippen LogP contribution in [0, 0.1) is 0 Å². The maximum atomic E-state index is 12.1. The van der Waals surface area contributed by atoms with E-state index in [2.05, 4.69) is 0 Å². The number of aliphatic hydroxyl groups is 4. The Hall–Kier alpha value is -1.56. The summed E-state index contributed by atoms with van der Waals surface area (Å²) in [6, 6.07) is 4.09. The number of benzene rings is 1. The van der Waals surface area contributed by atoms with Crippen LogP contribution in [0.4, 0.5) is 0 Å². The Balaban J connectivity index is 2.06. The number of fused-ring (bicyclic) bond motifs is 1. The molecule has 1 saturated heterocycles. The van der Waals surface area contributed by atoms with Crippen LogP contribution in [0.5, 0.6) is 0 Å². The monoisotopic (exact) mass is 345 g/mol. The first kappa shape index (κ1) is 16.3. The molecule has 23 heavy (non-hydrogen) atoms. The zero-order chi connectivity index (χ0) is 16.9. The molecule has 5 N–H and O–H groups in total. The highest BCUT2D eigenvalue weighted by Gasteiger charge is 2.49. The van der Waals surface area contributed by atoms with Crippen molar-refractivity contribution in [3.63, 3.8) is 0 Å². The fourth-order valence-electron chi connectivity index (χ4n) is 2.87. The molecule has 3 rings (SSSR count). The van der Waals surface area contributed by atoms with Gasteiger partial charge < -0.3 is 25.2 Å². The van der Waals surface area contributed by atoms with Gasteiger partial charge in [0.2, 0.25) is 0 Å². The predicted octanol–water partition coefficient (Wildman–Crippen LogP) is -2.37. The van der Waals surface area contributed by atoms with Gasteiger partial charge in [0.05, 0.1) is 12.2 Å². The van der Waals surface area contributed by atoms with Crippen LogP contribution in [0.15, 0.2) is 23.1 Å². The Kier molecular flexibility index (Phi) is 3.91. The van der Waals surface area contributed by atoms with Gasteiger partial charge >= 0.3 is 0 Å². The number of sulfonamides is 1. The minimum atomic E-state index is -4.09. The molecule has 5 atom stereocenters. The van der Waals surface area contributed by atoms with E-state index in [1.54, 1.807) is 0 Å². The van der Waals surface area contributed by atoms with Crippen LogP contribution in [0.2, 0.25) is 0 Å². The van der Waals surface area contributed by atoms with Crippen LogP contribution in [-0.2, 0) is 14.8 Å². The van der Waals surface area contributed by atoms with E-state index < -0.39 is 53.1 Å². The van der Waals surface area contributed by atoms with E-state index in [1.807, 2.05) is 4.72 Å². The lowest BCUT2D eigenvalue weighted by molar-refractivity contribution is -0.0824. The molecule has 0 aromatic heterocycles. The molecular formula is C13H15NO8S. The molecular weight excluding hydrogens is 330 g/mol. The van der Waals surface area contributed by atoms with Gasteiger partial charge in [0, 0.05) is 5.56 Å². The standard InChI is InChI=1S/C13H15NO8S/c15-4-7(16)11-9(18)8(17)10(22-11)5-2-1-3-6-12(5)23(20,21)14-13(6)19/h1-3,7-11,15-18H,4H2,(H,14,19)/t7-,8-,9-,10?,11+/m1/s1. The van der Waals surface area contributed by atoms with E-state index in [1.165, 1.54) is 18.2 Å². The molecule has 2 aliphatic rings. The Labute approximate surface area is 131 Å². The maximum absolute atomic E-state index is 12.1. The van der Waals surface area contributed by atoms with Gasteiger partial charge in [0.15, 0.2) is 0 Å². The second-order valence-corrected chi connectivity index (χ2v) is 7.03. The minimum Gasteiger partial charge on any atom is -0.394 e. The predicted molar refractivity (Wildman–Crippen MR) is 73.8 cm³/mol. The average molecular weight is 345 g/mol. The minimum absolute atomic E-state index is 0.0000368. The molecule has 0 bridgehead atoms. The van der Waals surface area contributed by atoms with E-state index in [0.717, 1.165) is 0 Å². The van der Waals surface area contributed by atoms with Gasteiger partial charge in [-0.3, -0.25) is 4.79 Å². The average Bonchev–Trinajstić information content (AvgIpc) is 2.93. The van der Waals surface area contributed by atoms with Gasteiger partial charge in [-0.2, -0.15) is 0 Å². The summed E-state index contributed by atoms with van der Waals surface area (Å²) in [7, 11) is -4.09. The van der Waals surface area contributed by atoms with Gasteiger partial charge in [-0.25, -0.2) is 13.1 Å². The third kappa shape index (κ3) is 2.43. The van der Waals surface area contributed by atoms with E-state index in [-0.39, 0.29) is 16.0 Å². The van der Waals surface area contributed by atoms with Crippen LogP contribution >= 0.6 is 0 Å². The highest BCUT2D eigenvalue weighted by molar-refractivity contribution is 7.90. The molecule has 0 spiro atoms. The van der Waals surface area contributed by atoms with Crippen LogP contribution in [0.3, 0.4) is 0 Å². The fourth-order valence-corrected chi connectivity index (χ4v) is 4.27. The van der Waals surface area contributed by atoms with Crippen molar-refractivity contribution >= 4 is 15.9 Å². The summed E-state index contributed by atoms with van der Waals surface area (Å²) in [6.45, 7) is -0.702. The van der Waals surface area contributed by atoms with Crippen molar-refractivity contribution < 1.29 is 38.4 Å². The molecule has 1 amide bonds. The Morgan fingerprint density at radius 3 is 2.61 bits per heavy atom. The molecule has 2 heterocycles. The number of carbonyl (C=O) groups is 1. The van der Waals surface area contributed by atoms with Gasteiger partial charge in [0.25, 0.3) is 15.9 Å². The first-order chi connectivity index (χ1) is 10.8. The maximum Gasteiger partial charge on any atom is 0.266 e. The third-order valence-electron chi connectivity index (χ3n) is 3.96. The molecule has 2 aliphatic heterocycles. The Bertz CT molecular complexity index is 748. The second kappa shape index (κ2) is 5.51. The molecule has 10 heteroatoms. The van der Waals surface area contributed by atoms with Crippen molar-refractivity contribution in [2.45, 2.75) is 35.4 Å². The summed E-state index contributed by atoms with van der Waals surface area (Å²) in [5, 5.41) is 38.6. The fraction of sp³-hybridized carbons (Fsp3) is 0.462.